The van der Waals surface area contributed by atoms with Gasteiger partial charge < -0.3 is 0 Å². The van der Waals surface area contributed by atoms with Crippen LogP contribution in [0.2, 0.25) is 0 Å². The molecule has 0 atom stereocenters. The maximum Gasteiger partial charge on any atom is 0.260 e. The van der Waals surface area contributed by atoms with Gasteiger partial charge in [-0.25, -0.2) is 9.37 Å². The minimum atomic E-state index is -0.634. The minimum absolute atomic E-state index is 0. The molecule has 0 aliphatic carbocycles. The Bertz CT molecular complexity index is 1320. The number of halogens is 3. The lowest BCUT2D eigenvalue weighted by Gasteiger charge is -2.07. The van der Waals surface area contributed by atoms with Crippen LogP contribution in [0.15, 0.2) is 60.6 Å². The van der Waals surface area contributed by atoms with E-state index in [4.69, 9.17) is 0 Å². The number of aromatic amines is 1. The molecule has 5 aromatic rings. The van der Waals surface area contributed by atoms with Crippen LogP contribution in [0.3, 0.4) is 0 Å². The summed E-state index contributed by atoms with van der Waals surface area (Å²) in [5, 5.41) is 17.0. The molecule has 12 heteroatoms. The molecule has 0 aliphatic rings. The summed E-state index contributed by atoms with van der Waals surface area (Å²) in [4.78, 5) is 16.7. The lowest BCUT2D eigenvalue weighted by Crippen LogP contribution is -2.13. The third kappa shape index (κ3) is 4.26. The SMILES string of the molecule is Cl.Cl.O=C(Nc1nncs1)c1ccc(-c2cnc3ccc(-c4cn[nH]c4)cn23)cc1F. The number of carbonyl (C=O) groups excluding carboxylic acids is 1. The molecular weight excluding hydrogens is 464 g/mol. The third-order valence-corrected chi connectivity index (χ3v) is 5.03. The highest BCUT2D eigenvalue weighted by atomic mass is 35.5. The monoisotopic (exact) mass is 477 g/mol. The fraction of sp³-hybridized carbons (Fsp3) is 0. The predicted molar refractivity (Wildman–Crippen MR) is 121 cm³/mol. The quantitative estimate of drug-likeness (QED) is 0.397. The summed E-state index contributed by atoms with van der Waals surface area (Å²) in [7, 11) is 0. The van der Waals surface area contributed by atoms with Crippen LogP contribution in [-0.2, 0) is 0 Å². The van der Waals surface area contributed by atoms with Crippen molar-refractivity contribution in [3.63, 3.8) is 0 Å². The summed E-state index contributed by atoms with van der Waals surface area (Å²) in [5.41, 5.74) is 5.33. The Balaban J connectivity index is 0.00000136. The maximum absolute atomic E-state index is 14.7. The highest BCUT2D eigenvalue weighted by molar-refractivity contribution is 7.13. The van der Waals surface area contributed by atoms with E-state index in [1.165, 1.54) is 17.6 Å². The van der Waals surface area contributed by atoms with Crippen molar-refractivity contribution in [2.45, 2.75) is 0 Å². The molecule has 0 spiro atoms. The summed E-state index contributed by atoms with van der Waals surface area (Å²) < 4.78 is 16.6. The largest absolute Gasteiger partial charge is 0.299 e. The van der Waals surface area contributed by atoms with Gasteiger partial charge in [0.25, 0.3) is 5.91 Å². The average molecular weight is 478 g/mol. The van der Waals surface area contributed by atoms with Gasteiger partial charge in [0.15, 0.2) is 0 Å². The lowest BCUT2D eigenvalue weighted by atomic mass is 10.1. The molecule has 8 nitrogen and oxygen atoms in total. The van der Waals surface area contributed by atoms with Crippen molar-refractivity contribution in [3.8, 4) is 22.4 Å². The Morgan fingerprint density at radius 2 is 1.94 bits per heavy atom. The van der Waals surface area contributed by atoms with Gasteiger partial charge in [-0.1, -0.05) is 17.4 Å². The third-order valence-electron chi connectivity index (χ3n) is 4.43. The normalized spacial score (nSPS) is 10.4. The first kappa shape index (κ1) is 22.3. The molecule has 0 saturated carbocycles. The summed E-state index contributed by atoms with van der Waals surface area (Å²) in [5.74, 6) is -1.21. The van der Waals surface area contributed by atoms with Gasteiger partial charge in [-0.2, -0.15) is 5.10 Å². The van der Waals surface area contributed by atoms with E-state index in [1.54, 1.807) is 24.7 Å². The second kappa shape index (κ2) is 9.21. The van der Waals surface area contributed by atoms with Crippen LogP contribution in [-0.4, -0.2) is 35.7 Å². The molecule has 0 radical (unpaired) electrons. The fourth-order valence-electron chi connectivity index (χ4n) is 3.02. The van der Waals surface area contributed by atoms with Gasteiger partial charge >= 0.3 is 0 Å². The molecule has 0 aliphatic heterocycles. The zero-order chi connectivity index (χ0) is 19.8. The van der Waals surface area contributed by atoms with Gasteiger partial charge in [0.05, 0.1) is 23.7 Å². The molecule has 158 valence electrons. The fourth-order valence-corrected chi connectivity index (χ4v) is 3.46. The maximum atomic E-state index is 14.7. The van der Waals surface area contributed by atoms with Crippen molar-refractivity contribution in [1.29, 1.82) is 0 Å². The van der Waals surface area contributed by atoms with Crippen LogP contribution in [0, 0.1) is 5.82 Å². The van der Waals surface area contributed by atoms with Crippen molar-refractivity contribution in [2.75, 3.05) is 5.32 Å². The van der Waals surface area contributed by atoms with Crippen LogP contribution in [0.5, 0.6) is 0 Å². The molecule has 0 fully saturated rings. The van der Waals surface area contributed by atoms with Crippen LogP contribution in [0.25, 0.3) is 28.0 Å². The Labute approximate surface area is 191 Å². The van der Waals surface area contributed by atoms with E-state index in [0.717, 1.165) is 28.1 Å². The van der Waals surface area contributed by atoms with E-state index in [-0.39, 0.29) is 30.4 Å². The standard InChI is InChI=1S/C19H12FN7OS.2ClH/c20-15-5-11(1-3-14(15)18(28)25-19-26-24-10-29-19)16-8-21-17-4-2-12(9-27(16)17)13-6-22-23-7-13;;/h1-10H,(H,22,23)(H,25,26,28);2*1H. The van der Waals surface area contributed by atoms with Crippen LogP contribution in [0.4, 0.5) is 9.52 Å². The molecule has 4 aromatic heterocycles. The number of aromatic nitrogens is 6. The second-order valence-corrected chi connectivity index (χ2v) is 7.00. The van der Waals surface area contributed by atoms with Crippen molar-refractivity contribution in [1.82, 2.24) is 29.8 Å². The molecule has 0 unspecified atom stereocenters. The molecule has 2 N–H and O–H groups in total. The van der Waals surface area contributed by atoms with Crippen molar-refractivity contribution in [3.05, 3.63) is 72.0 Å². The highest BCUT2D eigenvalue weighted by Crippen LogP contribution is 2.26. The molecule has 0 bridgehead atoms. The number of fused-ring (bicyclic) bond motifs is 1. The van der Waals surface area contributed by atoms with E-state index in [2.05, 4.69) is 30.7 Å². The molecule has 5 rings (SSSR count). The number of pyridine rings is 1. The van der Waals surface area contributed by atoms with Gasteiger partial charge in [-0.05, 0) is 24.3 Å². The van der Waals surface area contributed by atoms with Gasteiger partial charge in [-0.15, -0.1) is 35.0 Å². The molecular formula is C19H14Cl2FN7OS. The van der Waals surface area contributed by atoms with E-state index >= 15 is 0 Å². The van der Waals surface area contributed by atoms with Crippen LogP contribution >= 0.6 is 36.2 Å². The first-order valence-electron chi connectivity index (χ1n) is 8.53. The summed E-state index contributed by atoms with van der Waals surface area (Å²) in [6.07, 6.45) is 7.10. The Morgan fingerprint density at radius 1 is 1.10 bits per heavy atom. The van der Waals surface area contributed by atoms with E-state index in [9.17, 15) is 9.18 Å². The van der Waals surface area contributed by atoms with Crippen LogP contribution < -0.4 is 5.32 Å². The smallest absolute Gasteiger partial charge is 0.260 e. The van der Waals surface area contributed by atoms with Gasteiger partial charge in [-0.3, -0.25) is 19.6 Å². The number of hydrogen-bond donors (Lipinski definition) is 2. The number of H-pyrrole nitrogens is 1. The molecule has 4 heterocycles. The number of carbonyl (C=O) groups is 1. The molecule has 0 saturated heterocycles. The Hall–Kier alpha value is -3.34. The first-order valence-corrected chi connectivity index (χ1v) is 9.41. The predicted octanol–water partition coefficient (Wildman–Crippen LogP) is 4.48. The number of rotatable bonds is 4. The van der Waals surface area contributed by atoms with E-state index in [1.807, 2.05) is 22.7 Å². The molecule has 31 heavy (non-hydrogen) atoms. The lowest BCUT2D eigenvalue weighted by molar-refractivity contribution is 0.102. The summed E-state index contributed by atoms with van der Waals surface area (Å²) in [6.45, 7) is 0. The number of nitrogens with zero attached hydrogens (tertiary/aromatic N) is 5. The second-order valence-electron chi connectivity index (χ2n) is 6.17. The van der Waals surface area contributed by atoms with E-state index < -0.39 is 11.7 Å². The Morgan fingerprint density at radius 3 is 2.65 bits per heavy atom. The minimum Gasteiger partial charge on any atom is -0.299 e. The number of hydrogen-bond acceptors (Lipinski definition) is 6. The number of nitrogens with one attached hydrogen (secondary N) is 2. The summed E-state index contributed by atoms with van der Waals surface area (Å²) in [6, 6.07) is 8.28. The highest BCUT2D eigenvalue weighted by Gasteiger charge is 2.16. The van der Waals surface area contributed by atoms with Gasteiger partial charge in [0.2, 0.25) is 5.13 Å². The van der Waals surface area contributed by atoms with Crippen molar-refractivity contribution < 1.29 is 9.18 Å². The van der Waals surface area contributed by atoms with E-state index in [0.29, 0.717) is 16.4 Å². The van der Waals surface area contributed by atoms with Crippen molar-refractivity contribution >= 4 is 52.8 Å². The number of imidazole rings is 1. The number of benzene rings is 1. The van der Waals surface area contributed by atoms with Gasteiger partial charge in [0, 0.05) is 29.1 Å². The molecule has 1 amide bonds. The van der Waals surface area contributed by atoms with Crippen LogP contribution in [0.1, 0.15) is 10.4 Å². The zero-order valence-corrected chi connectivity index (χ0v) is 18.0. The molecule has 1 aromatic carbocycles. The topological polar surface area (TPSA) is 101 Å². The first-order chi connectivity index (χ1) is 14.2. The Kier molecular flexibility index (Phi) is 6.64. The zero-order valence-electron chi connectivity index (χ0n) is 15.5. The number of amides is 1. The van der Waals surface area contributed by atoms with Crippen molar-refractivity contribution in [2.24, 2.45) is 0 Å². The summed E-state index contributed by atoms with van der Waals surface area (Å²) >= 11 is 1.16. The average Bonchev–Trinajstić information content (AvgIpc) is 3.48. The number of anilines is 1. The van der Waals surface area contributed by atoms with Gasteiger partial charge in [0.1, 0.15) is 17.0 Å².